The van der Waals surface area contributed by atoms with E-state index in [0.29, 0.717) is 18.1 Å². The molecule has 1 aromatic rings. The van der Waals surface area contributed by atoms with Gasteiger partial charge in [-0.25, -0.2) is 4.98 Å². The van der Waals surface area contributed by atoms with Crippen molar-refractivity contribution in [2.75, 3.05) is 13.2 Å². The minimum absolute atomic E-state index is 0.321. The minimum atomic E-state index is 0.321. The highest BCUT2D eigenvalue weighted by molar-refractivity contribution is 5.04. The SMILES string of the molecule is OCCC1(CNCc2cncn2C2CC2)CC1. The van der Waals surface area contributed by atoms with Crippen molar-refractivity contribution >= 4 is 0 Å². The normalized spacial score (nSPS) is 21.7. The average Bonchev–Trinajstić information content (AvgIpc) is 3.23. The second-order valence-corrected chi connectivity index (χ2v) is 5.60. The summed E-state index contributed by atoms with van der Waals surface area (Å²) >= 11 is 0. The fourth-order valence-electron chi connectivity index (χ4n) is 2.54. The molecule has 2 N–H and O–H groups in total. The predicted octanol–water partition coefficient (Wildman–Crippen LogP) is 1.47. The molecule has 1 heterocycles. The summed E-state index contributed by atoms with van der Waals surface area (Å²) in [5.41, 5.74) is 1.70. The van der Waals surface area contributed by atoms with Crippen molar-refractivity contribution in [3.05, 3.63) is 18.2 Å². The zero-order chi connectivity index (χ0) is 11.7. The van der Waals surface area contributed by atoms with Crippen molar-refractivity contribution in [1.82, 2.24) is 14.9 Å². The molecule has 2 saturated carbocycles. The Morgan fingerprint density at radius 3 is 2.94 bits per heavy atom. The molecule has 0 bridgehead atoms. The van der Waals surface area contributed by atoms with Crippen molar-refractivity contribution < 1.29 is 5.11 Å². The summed E-state index contributed by atoms with van der Waals surface area (Å²) < 4.78 is 2.30. The number of aliphatic hydroxyl groups is 1. The largest absolute Gasteiger partial charge is 0.396 e. The molecule has 2 fully saturated rings. The Labute approximate surface area is 102 Å². The fraction of sp³-hybridized carbons (Fsp3) is 0.769. The maximum atomic E-state index is 9.01. The Kier molecular flexibility index (Phi) is 2.92. The Balaban J connectivity index is 1.49. The van der Waals surface area contributed by atoms with Gasteiger partial charge in [-0.2, -0.15) is 0 Å². The van der Waals surface area contributed by atoms with Gasteiger partial charge in [0.1, 0.15) is 0 Å². The summed E-state index contributed by atoms with van der Waals surface area (Å²) in [7, 11) is 0. The third-order valence-corrected chi connectivity index (χ3v) is 4.09. The monoisotopic (exact) mass is 235 g/mol. The molecule has 4 nitrogen and oxygen atoms in total. The lowest BCUT2D eigenvalue weighted by atomic mass is 10.0. The molecule has 2 aliphatic carbocycles. The highest BCUT2D eigenvalue weighted by Crippen LogP contribution is 2.47. The molecule has 94 valence electrons. The van der Waals surface area contributed by atoms with Gasteiger partial charge in [0.15, 0.2) is 0 Å². The van der Waals surface area contributed by atoms with E-state index in [1.54, 1.807) is 0 Å². The van der Waals surface area contributed by atoms with E-state index in [0.717, 1.165) is 19.5 Å². The van der Waals surface area contributed by atoms with Crippen LogP contribution in [0.3, 0.4) is 0 Å². The van der Waals surface area contributed by atoms with Gasteiger partial charge in [-0.3, -0.25) is 0 Å². The molecule has 0 atom stereocenters. The van der Waals surface area contributed by atoms with Crippen LogP contribution < -0.4 is 5.32 Å². The molecule has 17 heavy (non-hydrogen) atoms. The second kappa shape index (κ2) is 4.42. The molecular formula is C13H21N3O. The molecular weight excluding hydrogens is 214 g/mol. The number of hydrogen-bond acceptors (Lipinski definition) is 3. The highest BCUT2D eigenvalue weighted by atomic mass is 16.3. The van der Waals surface area contributed by atoms with Crippen molar-refractivity contribution in [2.45, 2.75) is 44.7 Å². The van der Waals surface area contributed by atoms with Crippen LogP contribution in [-0.4, -0.2) is 27.8 Å². The summed E-state index contributed by atoms with van der Waals surface area (Å²) in [6, 6.07) is 0.710. The maximum Gasteiger partial charge on any atom is 0.0951 e. The van der Waals surface area contributed by atoms with E-state index >= 15 is 0 Å². The number of nitrogens with zero attached hydrogens (tertiary/aromatic N) is 2. The van der Waals surface area contributed by atoms with Crippen molar-refractivity contribution in [3.63, 3.8) is 0 Å². The number of hydrogen-bond donors (Lipinski definition) is 2. The molecule has 0 spiro atoms. The van der Waals surface area contributed by atoms with Gasteiger partial charge in [0.05, 0.1) is 12.0 Å². The Morgan fingerprint density at radius 1 is 1.47 bits per heavy atom. The quantitative estimate of drug-likeness (QED) is 0.752. The van der Waals surface area contributed by atoms with Gasteiger partial charge in [-0.15, -0.1) is 0 Å². The van der Waals surface area contributed by atoms with Crippen LogP contribution in [0.5, 0.6) is 0 Å². The van der Waals surface area contributed by atoms with E-state index in [-0.39, 0.29) is 0 Å². The van der Waals surface area contributed by atoms with Crippen molar-refractivity contribution in [2.24, 2.45) is 5.41 Å². The number of aromatic nitrogens is 2. The average molecular weight is 235 g/mol. The van der Waals surface area contributed by atoms with E-state index in [1.165, 1.54) is 31.4 Å². The van der Waals surface area contributed by atoms with Crippen LogP contribution in [-0.2, 0) is 6.54 Å². The van der Waals surface area contributed by atoms with Gasteiger partial charge in [0.25, 0.3) is 0 Å². The molecule has 0 amide bonds. The van der Waals surface area contributed by atoms with E-state index in [9.17, 15) is 0 Å². The Bertz CT molecular complexity index is 380. The zero-order valence-corrected chi connectivity index (χ0v) is 10.2. The molecule has 0 radical (unpaired) electrons. The number of nitrogens with one attached hydrogen (secondary N) is 1. The van der Waals surface area contributed by atoms with E-state index in [2.05, 4.69) is 14.9 Å². The molecule has 0 unspecified atom stereocenters. The lowest BCUT2D eigenvalue weighted by molar-refractivity contribution is 0.245. The van der Waals surface area contributed by atoms with Gasteiger partial charge >= 0.3 is 0 Å². The summed E-state index contributed by atoms with van der Waals surface area (Å²) in [5, 5.41) is 12.5. The van der Waals surface area contributed by atoms with E-state index in [1.807, 2.05) is 12.5 Å². The van der Waals surface area contributed by atoms with Gasteiger partial charge in [-0.05, 0) is 37.5 Å². The molecule has 0 saturated heterocycles. The van der Waals surface area contributed by atoms with Crippen LogP contribution in [0.25, 0.3) is 0 Å². The smallest absolute Gasteiger partial charge is 0.0951 e. The molecule has 3 rings (SSSR count). The standard InChI is InChI=1S/C13H21N3O/c17-6-5-13(3-4-13)9-14-7-12-8-15-10-16(12)11-1-2-11/h8,10-11,14,17H,1-7,9H2. The summed E-state index contributed by atoms with van der Waals surface area (Å²) in [5.74, 6) is 0. The number of aliphatic hydroxyl groups excluding tert-OH is 1. The lowest BCUT2D eigenvalue weighted by Gasteiger charge is -2.15. The molecule has 0 aliphatic heterocycles. The van der Waals surface area contributed by atoms with E-state index < -0.39 is 0 Å². The summed E-state index contributed by atoms with van der Waals surface area (Å²) in [6.07, 6.45) is 10.0. The Hall–Kier alpha value is -0.870. The zero-order valence-electron chi connectivity index (χ0n) is 10.2. The topological polar surface area (TPSA) is 50.1 Å². The first-order valence-corrected chi connectivity index (χ1v) is 6.65. The Morgan fingerprint density at radius 2 is 2.29 bits per heavy atom. The van der Waals surface area contributed by atoms with E-state index in [4.69, 9.17) is 5.11 Å². The molecule has 0 aromatic carbocycles. The third-order valence-electron chi connectivity index (χ3n) is 4.09. The van der Waals surface area contributed by atoms with Gasteiger partial charge in [0.2, 0.25) is 0 Å². The summed E-state index contributed by atoms with van der Waals surface area (Å²) in [4.78, 5) is 4.23. The van der Waals surface area contributed by atoms with Crippen LogP contribution in [0.1, 0.15) is 43.8 Å². The van der Waals surface area contributed by atoms with Crippen LogP contribution in [0.4, 0.5) is 0 Å². The van der Waals surface area contributed by atoms with Crippen molar-refractivity contribution in [3.8, 4) is 0 Å². The second-order valence-electron chi connectivity index (χ2n) is 5.60. The van der Waals surface area contributed by atoms with Gasteiger partial charge in [-0.1, -0.05) is 0 Å². The molecule has 2 aliphatic rings. The summed E-state index contributed by atoms with van der Waals surface area (Å²) in [6.45, 7) is 2.26. The van der Waals surface area contributed by atoms with Gasteiger partial charge < -0.3 is 15.0 Å². The van der Waals surface area contributed by atoms with Crippen LogP contribution in [0.15, 0.2) is 12.5 Å². The third kappa shape index (κ3) is 2.53. The number of rotatable bonds is 7. The fourth-order valence-corrected chi connectivity index (χ4v) is 2.54. The highest BCUT2D eigenvalue weighted by Gasteiger charge is 2.41. The van der Waals surface area contributed by atoms with Gasteiger partial charge in [0, 0.05) is 31.9 Å². The first-order valence-electron chi connectivity index (χ1n) is 6.65. The first-order chi connectivity index (χ1) is 8.33. The molecule has 1 aromatic heterocycles. The van der Waals surface area contributed by atoms with Crippen LogP contribution >= 0.6 is 0 Å². The maximum absolute atomic E-state index is 9.01. The first kappa shape index (κ1) is 11.2. The number of imidazole rings is 1. The van der Waals surface area contributed by atoms with Crippen LogP contribution in [0, 0.1) is 5.41 Å². The minimum Gasteiger partial charge on any atom is -0.396 e. The predicted molar refractivity (Wildman–Crippen MR) is 65.6 cm³/mol. The van der Waals surface area contributed by atoms with Crippen molar-refractivity contribution in [1.29, 1.82) is 0 Å². The lowest BCUT2D eigenvalue weighted by Crippen LogP contribution is -2.25. The van der Waals surface area contributed by atoms with Crippen LogP contribution in [0.2, 0.25) is 0 Å². The molecule has 4 heteroatoms.